The minimum Gasteiger partial charge on any atom is -0.356 e. The normalized spacial score (nSPS) is 22.9. The number of piperidine rings is 2. The van der Waals surface area contributed by atoms with Crippen LogP contribution in [0.25, 0.3) is 6.08 Å². The molecular weight excluding hydrogens is 336 g/mol. The summed E-state index contributed by atoms with van der Waals surface area (Å²) in [5, 5.41) is 0. The largest absolute Gasteiger partial charge is 0.356 e. The summed E-state index contributed by atoms with van der Waals surface area (Å²) in [5.41, 5.74) is 2.35. The molecule has 0 unspecified atom stereocenters. The molecule has 2 aromatic rings. The van der Waals surface area contributed by atoms with Crippen molar-refractivity contribution in [2.24, 2.45) is 5.41 Å². The summed E-state index contributed by atoms with van der Waals surface area (Å²) in [6, 6.07) is 8.13. The summed E-state index contributed by atoms with van der Waals surface area (Å²) in [6.45, 7) is 7.30. The van der Waals surface area contributed by atoms with E-state index in [-0.39, 0.29) is 11.3 Å². The molecule has 27 heavy (non-hydrogen) atoms. The summed E-state index contributed by atoms with van der Waals surface area (Å²) in [6.07, 6.45) is 11.2. The van der Waals surface area contributed by atoms with E-state index in [2.05, 4.69) is 33.6 Å². The van der Waals surface area contributed by atoms with Gasteiger partial charge in [-0.25, -0.2) is 4.98 Å². The van der Waals surface area contributed by atoms with Crippen molar-refractivity contribution in [3.05, 3.63) is 60.6 Å². The van der Waals surface area contributed by atoms with Crippen LogP contribution in [0.15, 0.2) is 49.4 Å². The first-order valence-electron chi connectivity index (χ1n) is 9.68. The van der Waals surface area contributed by atoms with Crippen molar-refractivity contribution in [2.75, 3.05) is 24.5 Å². The fourth-order valence-electron chi connectivity index (χ4n) is 4.40. The molecule has 2 aliphatic rings. The number of anilines is 1. The fraction of sp³-hybridized carbons (Fsp3) is 0.409. The summed E-state index contributed by atoms with van der Waals surface area (Å²) >= 11 is 0. The number of pyridine rings is 2. The van der Waals surface area contributed by atoms with Crippen LogP contribution in [-0.4, -0.2) is 40.4 Å². The third-order valence-electron chi connectivity index (χ3n) is 5.86. The van der Waals surface area contributed by atoms with Gasteiger partial charge in [0.25, 0.3) is 0 Å². The van der Waals surface area contributed by atoms with Gasteiger partial charge in [0.1, 0.15) is 5.82 Å². The van der Waals surface area contributed by atoms with Gasteiger partial charge < -0.3 is 9.80 Å². The molecule has 0 N–H and O–H groups in total. The maximum Gasteiger partial charge on any atom is 0.222 e. The topological polar surface area (TPSA) is 49.3 Å². The Labute approximate surface area is 160 Å². The number of likely N-dealkylation sites (tertiary alicyclic amines) is 1. The van der Waals surface area contributed by atoms with Crippen LogP contribution in [0.3, 0.4) is 0 Å². The van der Waals surface area contributed by atoms with Gasteiger partial charge in [0.15, 0.2) is 0 Å². The maximum atomic E-state index is 12.5. The van der Waals surface area contributed by atoms with E-state index in [4.69, 9.17) is 0 Å². The Morgan fingerprint density at radius 3 is 2.74 bits per heavy atom. The second-order valence-electron chi connectivity index (χ2n) is 7.78. The van der Waals surface area contributed by atoms with E-state index < -0.39 is 0 Å². The second-order valence-corrected chi connectivity index (χ2v) is 7.78. The SMILES string of the molecule is C=Cc1ccc(N2CCC[C@]3(CCC(=O)N(Cc4ccncc4)C3)C2)nc1. The molecule has 1 spiro atoms. The van der Waals surface area contributed by atoms with E-state index >= 15 is 0 Å². The number of aromatic nitrogens is 2. The Balaban J connectivity index is 1.49. The van der Waals surface area contributed by atoms with Gasteiger partial charge >= 0.3 is 0 Å². The highest BCUT2D eigenvalue weighted by atomic mass is 16.2. The number of rotatable bonds is 4. The molecule has 1 atom stereocenters. The molecule has 1 amide bonds. The van der Waals surface area contributed by atoms with Crippen LogP contribution in [-0.2, 0) is 11.3 Å². The maximum absolute atomic E-state index is 12.5. The lowest BCUT2D eigenvalue weighted by Gasteiger charge is -2.48. The second kappa shape index (κ2) is 7.51. The summed E-state index contributed by atoms with van der Waals surface area (Å²) in [5.74, 6) is 1.29. The van der Waals surface area contributed by atoms with Gasteiger partial charge in [-0.2, -0.15) is 0 Å². The standard InChI is InChI=1S/C22H26N4O/c1-2-18-4-5-20(24-14-18)25-13-3-9-22(16-25)10-6-21(27)26(17-22)15-19-7-11-23-12-8-19/h2,4-5,7-8,11-12,14H,1,3,6,9-10,13,15-17H2/t22-/m0/s1. The van der Waals surface area contributed by atoms with Crippen LogP contribution in [0.4, 0.5) is 5.82 Å². The quantitative estimate of drug-likeness (QED) is 0.835. The lowest BCUT2D eigenvalue weighted by atomic mass is 9.73. The molecule has 0 bridgehead atoms. The number of amides is 1. The smallest absolute Gasteiger partial charge is 0.222 e. The van der Waals surface area contributed by atoms with Crippen LogP contribution < -0.4 is 4.90 Å². The Bertz CT molecular complexity index is 805. The van der Waals surface area contributed by atoms with Gasteiger partial charge in [0.2, 0.25) is 5.91 Å². The van der Waals surface area contributed by atoms with Gasteiger partial charge in [0.05, 0.1) is 0 Å². The van der Waals surface area contributed by atoms with Crippen molar-refractivity contribution in [3.8, 4) is 0 Å². The lowest BCUT2D eigenvalue weighted by molar-refractivity contribution is -0.138. The average molecular weight is 362 g/mol. The molecule has 4 rings (SSSR count). The van der Waals surface area contributed by atoms with Crippen molar-refractivity contribution in [1.82, 2.24) is 14.9 Å². The molecule has 0 aromatic carbocycles. The predicted molar refractivity (Wildman–Crippen MR) is 107 cm³/mol. The van der Waals surface area contributed by atoms with Crippen molar-refractivity contribution >= 4 is 17.8 Å². The Hall–Kier alpha value is -2.69. The predicted octanol–water partition coefficient (Wildman–Crippen LogP) is 3.53. The van der Waals surface area contributed by atoms with Crippen LogP contribution in [0.5, 0.6) is 0 Å². The Kier molecular flexibility index (Phi) is 4.92. The van der Waals surface area contributed by atoms with E-state index in [1.54, 1.807) is 12.4 Å². The molecular formula is C22H26N4O. The first-order chi connectivity index (χ1) is 13.2. The molecule has 140 valence electrons. The zero-order valence-electron chi connectivity index (χ0n) is 15.7. The Morgan fingerprint density at radius 1 is 1.15 bits per heavy atom. The number of carbonyl (C=O) groups is 1. The van der Waals surface area contributed by atoms with Crippen LogP contribution in [0.1, 0.15) is 36.8 Å². The van der Waals surface area contributed by atoms with E-state index in [0.29, 0.717) is 13.0 Å². The van der Waals surface area contributed by atoms with E-state index in [1.807, 2.05) is 29.3 Å². The number of carbonyl (C=O) groups excluding carboxylic acids is 1. The number of hydrogen-bond acceptors (Lipinski definition) is 4. The van der Waals surface area contributed by atoms with E-state index in [9.17, 15) is 4.79 Å². The minimum atomic E-state index is 0.165. The molecule has 0 aliphatic carbocycles. The molecule has 0 radical (unpaired) electrons. The van der Waals surface area contributed by atoms with Gasteiger partial charge in [-0.15, -0.1) is 0 Å². The molecule has 2 aliphatic heterocycles. The summed E-state index contributed by atoms with van der Waals surface area (Å²) in [7, 11) is 0. The van der Waals surface area contributed by atoms with Crippen molar-refractivity contribution < 1.29 is 4.79 Å². The molecule has 2 aromatic heterocycles. The number of hydrogen-bond donors (Lipinski definition) is 0. The molecule has 5 heteroatoms. The number of nitrogens with zero attached hydrogens (tertiary/aromatic N) is 4. The van der Waals surface area contributed by atoms with Crippen LogP contribution in [0.2, 0.25) is 0 Å². The third kappa shape index (κ3) is 3.87. The van der Waals surface area contributed by atoms with E-state index in [1.165, 1.54) is 6.42 Å². The third-order valence-corrected chi connectivity index (χ3v) is 5.86. The van der Waals surface area contributed by atoms with Crippen LogP contribution in [0, 0.1) is 5.41 Å². The van der Waals surface area contributed by atoms with Crippen molar-refractivity contribution in [3.63, 3.8) is 0 Å². The van der Waals surface area contributed by atoms with Gasteiger partial charge in [-0.3, -0.25) is 9.78 Å². The highest BCUT2D eigenvalue weighted by Crippen LogP contribution is 2.40. The monoisotopic (exact) mass is 362 g/mol. The highest BCUT2D eigenvalue weighted by molar-refractivity contribution is 5.77. The minimum absolute atomic E-state index is 0.165. The van der Waals surface area contributed by atoms with Gasteiger partial charge in [-0.05, 0) is 54.7 Å². The fourth-order valence-corrected chi connectivity index (χ4v) is 4.40. The highest BCUT2D eigenvalue weighted by Gasteiger charge is 2.41. The van der Waals surface area contributed by atoms with Crippen molar-refractivity contribution in [2.45, 2.75) is 32.2 Å². The van der Waals surface area contributed by atoms with Gasteiger partial charge in [-0.1, -0.05) is 12.7 Å². The van der Waals surface area contributed by atoms with Crippen molar-refractivity contribution in [1.29, 1.82) is 0 Å². The first-order valence-corrected chi connectivity index (χ1v) is 9.68. The molecule has 2 saturated heterocycles. The molecule has 4 heterocycles. The first kappa shape index (κ1) is 17.7. The zero-order valence-corrected chi connectivity index (χ0v) is 15.7. The molecule has 0 saturated carbocycles. The molecule has 2 fully saturated rings. The lowest BCUT2D eigenvalue weighted by Crippen LogP contribution is -2.54. The van der Waals surface area contributed by atoms with Gasteiger partial charge in [0, 0.05) is 56.6 Å². The zero-order chi connectivity index (χ0) is 18.7. The summed E-state index contributed by atoms with van der Waals surface area (Å²) < 4.78 is 0. The van der Waals surface area contributed by atoms with Crippen LogP contribution >= 0.6 is 0 Å². The average Bonchev–Trinajstić information content (AvgIpc) is 2.72. The molecule has 5 nitrogen and oxygen atoms in total. The van der Waals surface area contributed by atoms with E-state index in [0.717, 1.165) is 49.4 Å². The summed E-state index contributed by atoms with van der Waals surface area (Å²) in [4.78, 5) is 25.6. The Morgan fingerprint density at radius 2 is 2.00 bits per heavy atom.